The first-order valence-electron chi connectivity index (χ1n) is 6.42. The quantitative estimate of drug-likeness (QED) is 0.498. The summed E-state index contributed by atoms with van der Waals surface area (Å²) in [4.78, 5) is 24.8. The Morgan fingerprint density at radius 1 is 1.35 bits per heavy atom. The number of aliphatic hydroxyl groups excluding tert-OH is 1. The van der Waals surface area contributed by atoms with E-state index < -0.39 is 12.1 Å². The Labute approximate surface area is 124 Å². The molecule has 1 aromatic carbocycles. The molecule has 2 aliphatic rings. The van der Waals surface area contributed by atoms with Crippen molar-refractivity contribution >= 4 is 27.8 Å². The van der Waals surface area contributed by atoms with E-state index >= 15 is 0 Å². The van der Waals surface area contributed by atoms with Crippen LogP contribution in [0, 0.1) is 5.92 Å². The highest BCUT2D eigenvalue weighted by Gasteiger charge is 2.65. The zero-order chi connectivity index (χ0) is 14.3. The van der Waals surface area contributed by atoms with Gasteiger partial charge in [-0.1, -0.05) is 46.3 Å². The molecule has 1 heterocycles. The van der Waals surface area contributed by atoms with Gasteiger partial charge >= 0.3 is 5.97 Å². The first kappa shape index (κ1) is 13.6. The fraction of sp³-hybridized carbons (Fsp3) is 0.429. The number of carbonyl (C=O) groups excluding carboxylic acids is 2. The fourth-order valence-electron chi connectivity index (χ4n) is 2.68. The number of hydrogen-bond acceptors (Lipinski definition) is 4. The number of alkyl halides is 1. The van der Waals surface area contributed by atoms with Gasteiger partial charge in [0.15, 0.2) is 0 Å². The van der Waals surface area contributed by atoms with Crippen molar-refractivity contribution in [1.29, 1.82) is 0 Å². The molecule has 0 radical (unpaired) electrons. The first-order chi connectivity index (χ1) is 9.59. The van der Waals surface area contributed by atoms with Crippen LogP contribution >= 0.6 is 15.9 Å². The molecule has 1 saturated carbocycles. The van der Waals surface area contributed by atoms with E-state index in [1.807, 2.05) is 30.3 Å². The van der Waals surface area contributed by atoms with Gasteiger partial charge in [-0.2, -0.15) is 0 Å². The normalized spacial score (nSPS) is 31.1. The molecule has 20 heavy (non-hydrogen) atoms. The number of halogens is 1. The predicted octanol–water partition coefficient (Wildman–Crippen LogP) is 0.695. The van der Waals surface area contributed by atoms with Crippen molar-refractivity contribution in [3.63, 3.8) is 0 Å². The van der Waals surface area contributed by atoms with Crippen molar-refractivity contribution in [1.82, 2.24) is 4.90 Å². The third kappa shape index (κ3) is 2.13. The lowest BCUT2D eigenvalue weighted by atomic mass is 9.68. The van der Waals surface area contributed by atoms with Crippen LogP contribution in [0.2, 0.25) is 0 Å². The van der Waals surface area contributed by atoms with Crippen LogP contribution < -0.4 is 0 Å². The second-order valence-corrected chi connectivity index (χ2v) is 6.12. The lowest BCUT2D eigenvalue weighted by Gasteiger charge is -2.59. The van der Waals surface area contributed by atoms with Gasteiger partial charge in [-0.25, -0.2) is 0 Å². The molecule has 3 rings (SSSR count). The van der Waals surface area contributed by atoms with Gasteiger partial charge in [0.05, 0.1) is 22.9 Å². The molecule has 2 fully saturated rings. The van der Waals surface area contributed by atoms with E-state index in [0.717, 1.165) is 5.56 Å². The second-order valence-electron chi connectivity index (χ2n) is 5.06. The third-order valence-corrected chi connectivity index (χ3v) is 4.94. The van der Waals surface area contributed by atoms with Crippen LogP contribution in [-0.4, -0.2) is 45.4 Å². The highest BCUT2D eigenvalue weighted by Crippen LogP contribution is 2.46. The Kier molecular flexibility index (Phi) is 3.52. The summed E-state index contributed by atoms with van der Waals surface area (Å²) in [6.07, 6.45) is -0.635. The largest absolute Gasteiger partial charge is 0.459 e. The van der Waals surface area contributed by atoms with Gasteiger partial charge in [0, 0.05) is 0 Å². The molecule has 1 N–H and O–H groups in total. The van der Waals surface area contributed by atoms with E-state index in [2.05, 4.69) is 15.9 Å². The molecule has 1 aliphatic carbocycles. The topological polar surface area (TPSA) is 66.8 Å². The minimum absolute atomic E-state index is 0.0539. The minimum atomic E-state index is -0.635. The number of ether oxygens (including phenoxy) is 1. The SMILES string of the molecule is O=C(CN1C(=O)[C@@H]2[C@@H](O)[C@H](Br)[C@H]21)OCc1ccccc1. The number of hydrogen-bond donors (Lipinski definition) is 1. The second kappa shape index (κ2) is 5.18. The van der Waals surface area contributed by atoms with Crippen molar-refractivity contribution < 1.29 is 19.4 Å². The molecule has 1 aromatic rings. The summed E-state index contributed by atoms with van der Waals surface area (Å²) >= 11 is 3.32. The fourth-order valence-corrected chi connectivity index (χ4v) is 3.62. The molecule has 1 aliphatic heterocycles. The Morgan fingerprint density at radius 3 is 2.75 bits per heavy atom. The number of amides is 1. The molecular weight excluding hydrogens is 326 g/mol. The van der Waals surface area contributed by atoms with E-state index in [4.69, 9.17) is 4.74 Å². The van der Waals surface area contributed by atoms with E-state index in [1.54, 1.807) is 0 Å². The van der Waals surface area contributed by atoms with Crippen molar-refractivity contribution in [3.8, 4) is 0 Å². The molecule has 106 valence electrons. The van der Waals surface area contributed by atoms with Crippen molar-refractivity contribution in [2.75, 3.05) is 6.54 Å². The van der Waals surface area contributed by atoms with Gasteiger partial charge in [0.25, 0.3) is 0 Å². The first-order valence-corrected chi connectivity index (χ1v) is 7.33. The Balaban J connectivity index is 1.49. The number of β-lactam (4-membered cyclic amide) rings is 1. The molecule has 5 nitrogen and oxygen atoms in total. The maximum atomic E-state index is 11.7. The van der Waals surface area contributed by atoms with Crippen LogP contribution in [0.3, 0.4) is 0 Å². The van der Waals surface area contributed by atoms with Gasteiger partial charge in [-0.15, -0.1) is 0 Å². The molecule has 1 saturated heterocycles. The summed E-state index contributed by atoms with van der Waals surface area (Å²) in [6.45, 7) is 0.151. The number of piperidine rings is 1. The molecular formula is C14H14BrNO4. The summed E-state index contributed by atoms with van der Waals surface area (Å²) in [7, 11) is 0. The lowest BCUT2D eigenvalue weighted by molar-refractivity contribution is -0.189. The van der Waals surface area contributed by atoms with Crippen LogP contribution in [0.5, 0.6) is 0 Å². The summed E-state index contributed by atoms with van der Waals surface area (Å²) < 4.78 is 5.14. The standard InChI is InChI=1S/C14H14BrNO4/c15-11-12-10(13(11)18)14(19)16(12)6-9(17)20-7-8-4-2-1-3-5-8/h1-5,10-13,18H,6-7H2/t10-,11+,12-,13+/m0/s1. The number of aliphatic hydroxyl groups is 1. The molecule has 4 atom stereocenters. The summed E-state index contributed by atoms with van der Waals surface area (Å²) in [5.41, 5.74) is 0.908. The maximum Gasteiger partial charge on any atom is 0.325 e. The predicted molar refractivity (Wildman–Crippen MR) is 74.0 cm³/mol. The van der Waals surface area contributed by atoms with Crippen LogP contribution in [0.4, 0.5) is 0 Å². The third-order valence-electron chi connectivity index (χ3n) is 3.86. The van der Waals surface area contributed by atoms with Crippen molar-refractivity contribution in [2.24, 2.45) is 5.92 Å². The summed E-state index contributed by atoms with van der Waals surface area (Å²) in [5.74, 6) is -0.946. The Bertz CT molecular complexity index is 535. The molecule has 0 unspecified atom stereocenters. The highest BCUT2D eigenvalue weighted by atomic mass is 79.9. The van der Waals surface area contributed by atoms with Crippen molar-refractivity contribution in [3.05, 3.63) is 35.9 Å². The molecule has 6 heteroatoms. The monoisotopic (exact) mass is 339 g/mol. The lowest BCUT2D eigenvalue weighted by Crippen LogP contribution is -2.79. The highest BCUT2D eigenvalue weighted by molar-refractivity contribution is 9.09. The molecule has 0 bridgehead atoms. The Morgan fingerprint density at radius 2 is 2.05 bits per heavy atom. The van der Waals surface area contributed by atoms with Gasteiger partial charge in [0.2, 0.25) is 5.91 Å². The van der Waals surface area contributed by atoms with Gasteiger partial charge in [-0.05, 0) is 5.56 Å². The number of rotatable bonds is 4. The number of esters is 1. The zero-order valence-corrected chi connectivity index (χ0v) is 12.2. The molecule has 0 spiro atoms. The average Bonchev–Trinajstić information content (AvgIpc) is 2.47. The van der Waals surface area contributed by atoms with Crippen molar-refractivity contribution in [2.45, 2.75) is 23.6 Å². The number of benzene rings is 1. The molecule has 0 aromatic heterocycles. The average molecular weight is 340 g/mol. The van der Waals surface area contributed by atoms with Crippen LogP contribution in [-0.2, 0) is 20.9 Å². The van der Waals surface area contributed by atoms with Crippen LogP contribution in [0.25, 0.3) is 0 Å². The van der Waals surface area contributed by atoms with Gasteiger partial charge < -0.3 is 14.7 Å². The number of nitrogens with zero attached hydrogens (tertiary/aromatic N) is 1. The van der Waals surface area contributed by atoms with E-state index in [-0.39, 0.29) is 35.8 Å². The smallest absolute Gasteiger partial charge is 0.325 e. The minimum Gasteiger partial charge on any atom is -0.459 e. The summed E-state index contributed by atoms with van der Waals surface area (Å²) in [5, 5.41) is 9.57. The molecule has 1 amide bonds. The number of fused-ring (bicyclic) bond motifs is 1. The zero-order valence-electron chi connectivity index (χ0n) is 10.6. The van der Waals surface area contributed by atoms with E-state index in [0.29, 0.717) is 0 Å². The Hall–Kier alpha value is -1.40. The number of likely N-dealkylation sites (tertiary alicyclic amines) is 1. The van der Waals surface area contributed by atoms with E-state index in [9.17, 15) is 14.7 Å². The van der Waals surface area contributed by atoms with Crippen LogP contribution in [0.1, 0.15) is 5.56 Å². The van der Waals surface area contributed by atoms with Crippen LogP contribution in [0.15, 0.2) is 30.3 Å². The maximum absolute atomic E-state index is 11.7. The number of carbonyl (C=O) groups is 2. The van der Waals surface area contributed by atoms with Gasteiger partial charge in [-0.3, -0.25) is 9.59 Å². The van der Waals surface area contributed by atoms with Gasteiger partial charge in [0.1, 0.15) is 13.2 Å². The van der Waals surface area contributed by atoms with E-state index in [1.165, 1.54) is 4.90 Å². The summed E-state index contributed by atoms with van der Waals surface area (Å²) in [6, 6.07) is 9.30.